The van der Waals surface area contributed by atoms with Gasteiger partial charge in [-0.1, -0.05) is 36.4 Å². The van der Waals surface area contributed by atoms with Crippen molar-refractivity contribution in [1.82, 2.24) is 10.2 Å². The molecule has 1 saturated heterocycles. The van der Waals surface area contributed by atoms with Gasteiger partial charge in [-0.05, 0) is 29.2 Å². The van der Waals surface area contributed by atoms with Crippen LogP contribution in [-0.2, 0) is 29.3 Å². The Hall–Kier alpha value is -3.19. The van der Waals surface area contributed by atoms with Crippen molar-refractivity contribution in [3.8, 4) is 0 Å². The molecule has 0 saturated carbocycles. The number of aliphatic hydroxyl groups is 1. The van der Waals surface area contributed by atoms with Crippen molar-refractivity contribution in [3.63, 3.8) is 0 Å². The van der Waals surface area contributed by atoms with E-state index in [1.54, 1.807) is 4.90 Å². The number of fused-ring (bicyclic) bond motifs is 1. The first-order valence-electron chi connectivity index (χ1n) is 9.26. The summed E-state index contributed by atoms with van der Waals surface area (Å²) < 4.78 is 0. The van der Waals surface area contributed by atoms with Crippen LogP contribution in [0.15, 0.2) is 42.5 Å². The Bertz CT molecular complexity index is 939. The van der Waals surface area contributed by atoms with E-state index in [0.717, 1.165) is 22.4 Å². The molecule has 1 fully saturated rings. The Kier molecular flexibility index (Phi) is 4.83. The lowest BCUT2D eigenvalue weighted by molar-refractivity contribution is -0.136. The minimum absolute atomic E-state index is 0.00454. The molecule has 28 heavy (non-hydrogen) atoms. The Morgan fingerprint density at radius 1 is 1.07 bits per heavy atom. The van der Waals surface area contributed by atoms with Crippen LogP contribution in [0.5, 0.6) is 0 Å². The highest BCUT2D eigenvalue weighted by atomic mass is 16.3. The first-order valence-corrected chi connectivity index (χ1v) is 9.26. The molecule has 0 radical (unpaired) electrons. The van der Waals surface area contributed by atoms with Crippen molar-refractivity contribution in [3.05, 3.63) is 64.7 Å². The number of nitrogens with zero attached hydrogens (tertiary/aromatic N) is 1. The molecule has 2 aliphatic heterocycles. The van der Waals surface area contributed by atoms with Crippen LogP contribution in [0.1, 0.15) is 39.9 Å². The molecule has 0 bridgehead atoms. The first kappa shape index (κ1) is 18.2. The zero-order valence-electron chi connectivity index (χ0n) is 15.3. The minimum atomic E-state index is -0.614. The second-order valence-electron chi connectivity index (χ2n) is 7.07. The third-order valence-corrected chi connectivity index (χ3v) is 5.24. The van der Waals surface area contributed by atoms with E-state index < -0.39 is 11.9 Å². The standard InChI is InChI=1S/C21H21N3O4/c25-12-14-6-4-13(5-7-14)10-22-16-3-1-2-15-11-24(21(28)19(15)16)17-8-9-18(26)23-20(17)27/h1-7,17,22,25H,8-12H2,(H,23,26,27). The molecule has 0 aromatic heterocycles. The lowest BCUT2D eigenvalue weighted by atomic mass is 10.0. The summed E-state index contributed by atoms with van der Waals surface area (Å²) in [5.74, 6) is -0.890. The van der Waals surface area contributed by atoms with Gasteiger partial charge in [0.15, 0.2) is 0 Å². The molecular formula is C21H21N3O4. The SMILES string of the molecule is O=C1CCC(N2Cc3cccc(NCc4ccc(CO)cc4)c3C2=O)C(=O)N1. The van der Waals surface area contributed by atoms with Gasteiger partial charge in [0.25, 0.3) is 5.91 Å². The van der Waals surface area contributed by atoms with E-state index in [1.165, 1.54) is 0 Å². The van der Waals surface area contributed by atoms with Gasteiger partial charge in [0, 0.05) is 25.2 Å². The molecule has 1 unspecified atom stereocenters. The van der Waals surface area contributed by atoms with E-state index in [9.17, 15) is 14.4 Å². The van der Waals surface area contributed by atoms with Crippen LogP contribution in [0, 0.1) is 0 Å². The maximum atomic E-state index is 13.0. The number of imide groups is 1. The Balaban J connectivity index is 1.51. The highest BCUT2D eigenvalue weighted by Crippen LogP contribution is 2.32. The molecular weight excluding hydrogens is 358 g/mol. The first-order chi connectivity index (χ1) is 13.6. The van der Waals surface area contributed by atoms with E-state index in [-0.39, 0.29) is 24.8 Å². The average Bonchev–Trinajstić information content (AvgIpc) is 3.04. The maximum absolute atomic E-state index is 13.0. The summed E-state index contributed by atoms with van der Waals surface area (Å²) in [7, 11) is 0. The molecule has 2 aromatic rings. The van der Waals surface area contributed by atoms with E-state index in [4.69, 9.17) is 5.11 Å². The molecule has 4 rings (SSSR count). The summed E-state index contributed by atoms with van der Waals surface area (Å²) in [4.78, 5) is 38.1. The van der Waals surface area contributed by atoms with Gasteiger partial charge < -0.3 is 15.3 Å². The number of aliphatic hydroxyl groups excluding tert-OH is 1. The number of benzene rings is 2. The minimum Gasteiger partial charge on any atom is -0.392 e. The molecule has 2 aromatic carbocycles. The topological polar surface area (TPSA) is 98.7 Å². The highest BCUT2D eigenvalue weighted by molar-refractivity contribution is 6.07. The Morgan fingerprint density at radius 2 is 1.82 bits per heavy atom. The molecule has 2 heterocycles. The zero-order chi connectivity index (χ0) is 19.7. The summed E-state index contributed by atoms with van der Waals surface area (Å²) in [6.45, 7) is 0.902. The van der Waals surface area contributed by atoms with E-state index in [2.05, 4.69) is 10.6 Å². The van der Waals surface area contributed by atoms with Crippen LogP contribution in [0.4, 0.5) is 5.69 Å². The van der Waals surface area contributed by atoms with Crippen LogP contribution in [0.25, 0.3) is 0 Å². The molecule has 0 spiro atoms. The number of carbonyl (C=O) groups is 3. The number of hydrogen-bond donors (Lipinski definition) is 3. The normalized spacial score (nSPS) is 18.8. The van der Waals surface area contributed by atoms with Gasteiger partial charge in [-0.15, -0.1) is 0 Å². The van der Waals surface area contributed by atoms with E-state index in [1.807, 2.05) is 42.5 Å². The fraction of sp³-hybridized carbons (Fsp3) is 0.286. The molecule has 7 heteroatoms. The molecule has 144 valence electrons. The van der Waals surface area contributed by atoms with Crippen molar-refractivity contribution in [2.45, 2.75) is 38.6 Å². The van der Waals surface area contributed by atoms with Crippen molar-refractivity contribution in [1.29, 1.82) is 0 Å². The Labute approximate surface area is 162 Å². The summed E-state index contributed by atoms with van der Waals surface area (Å²) in [5.41, 5.74) is 4.06. The second kappa shape index (κ2) is 7.44. The van der Waals surface area contributed by atoms with Crippen LogP contribution >= 0.6 is 0 Å². The fourth-order valence-electron chi connectivity index (χ4n) is 3.72. The molecule has 3 N–H and O–H groups in total. The van der Waals surface area contributed by atoms with E-state index in [0.29, 0.717) is 25.1 Å². The predicted molar refractivity (Wildman–Crippen MR) is 102 cm³/mol. The third-order valence-electron chi connectivity index (χ3n) is 5.24. The second-order valence-corrected chi connectivity index (χ2v) is 7.07. The lowest BCUT2D eigenvalue weighted by Gasteiger charge is -2.29. The smallest absolute Gasteiger partial charge is 0.257 e. The van der Waals surface area contributed by atoms with E-state index >= 15 is 0 Å². The van der Waals surface area contributed by atoms with Crippen LogP contribution in [0.3, 0.4) is 0 Å². The summed E-state index contributed by atoms with van der Waals surface area (Å²) in [6.07, 6.45) is 0.593. The maximum Gasteiger partial charge on any atom is 0.257 e. The number of anilines is 1. The van der Waals surface area contributed by atoms with Gasteiger partial charge in [-0.25, -0.2) is 0 Å². The van der Waals surface area contributed by atoms with Crippen LogP contribution < -0.4 is 10.6 Å². The quantitative estimate of drug-likeness (QED) is 0.685. The number of piperidine rings is 1. The lowest BCUT2D eigenvalue weighted by Crippen LogP contribution is -2.52. The fourth-order valence-corrected chi connectivity index (χ4v) is 3.72. The third kappa shape index (κ3) is 3.36. The highest BCUT2D eigenvalue weighted by Gasteiger charge is 2.40. The molecule has 2 aliphatic rings. The summed E-state index contributed by atoms with van der Waals surface area (Å²) in [5, 5.41) is 14.8. The summed E-state index contributed by atoms with van der Waals surface area (Å²) >= 11 is 0. The largest absolute Gasteiger partial charge is 0.392 e. The van der Waals surface area contributed by atoms with Gasteiger partial charge in [0.05, 0.1) is 12.2 Å². The number of rotatable bonds is 5. The number of nitrogens with one attached hydrogen (secondary N) is 2. The zero-order valence-corrected chi connectivity index (χ0v) is 15.3. The van der Waals surface area contributed by atoms with Gasteiger partial charge in [0.1, 0.15) is 6.04 Å². The predicted octanol–water partition coefficient (Wildman–Crippen LogP) is 1.55. The van der Waals surface area contributed by atoms with Gasteiger partial charge in [-0.2, -0.15) is 0 Å². The van der Waals surface area contributed by atoms with Crippen LogP contribution in [0.2, 0.25) is 0 Å². The van der Waals surface area contributed by atoms with Crippen LogP contribution in [-0.4, -0.2) is 33.8 Å². The summed E-state index contributed by atoms with van der Waals surface area (Å²) in [6, 6.07) is 12.6. The monoisotopic (exact) mass is 379 g/mol. The van der Waals surface area contributed by atoms with Crippen molar-refractivity contribution in [2.75, 3.05) is 5.32 Å². The molecule has 1 atom stereocenters. The van der Waals surface area contributed by atoms with Crippen molar-refractivity contribution < 1.29 is 19.5 Å². The van der Waals surface area contributed by atoms with Crippen molar-refractivity contribution >= 4 is 23.4 Å². The van der Waals surface area contributed by atoms with Crippen molar-refractivity contribution in [2.24, 2.45) is 0 Å². The van der Waals surface area contributed by atoms with Gasteiger partial charge >= 0.3 is 0 Å². The number of hydrogen-bond acceptors (Lipinski definition) is 5. The Morgan fingerprint density at radius 3 is 2.54 bits per heavy atom. The molecule has 3 amide bonds. The molecule has 0 aliphatic carbocycles. The van der Waals surface area contributed by atoms with Gasteiger partial charge in [-0.3, -0.25) is 19.7 Å². The number of amides is 3. The average molecular weight is 379 g/mol. The molecule has 7 nitrogen and oxygen atoms in total. The van der Waals surface area contributed by atoms with Gasteiger partial charge in [0.2, 0.25) is 11.8 Å². The number of carbonyl (C=O) groups excluding carboxylic acids is 3.